The van der Waals surface area contributed by atoms with Crippen LogP contribution in [-0.2, 0) is 11.2 Å². The van der Waals surface area contributed by atoms with E-state index in [0.29, 0.717) is 13.0 Å². The minimum atomic E-state index is -0.453. The van der Waals surface area contributed by atoms with Crippen LogP contribution >= 0.6 is 11.3 Å². The molecule has 14 heavy (non-hydrogen) atoms. The summed E-state index contributed by atoms with van der Waals surface area (Å²) in [6, 6.07) is -0.453. The van der Waals surface area contributed by atoms with Crippen molar-refractivity contribution in [3.8, 4) is 0 Å². The van der Waals surface area contributed by atoms with E-state index in [4.69, 9.17) is 5.73 Å². The summed E-state index contributed by atoms with van der Waals surface area (Å²) in [5.74, 6) is -0.133. The molecule has 0 saturated heterocycles. The highest BCUT2D eigenvalue weighted by atomic mass is 32.1. The molecule has 5 nitrogen and oxygen atoms in total. The zero-order chi connectivity index (χ0) is 10.6. The number of hydrogen-bond acceptors (Lipinski definition) is 5. The van der Waals surface area contributed by atoms with Gasteiger partial charge in [0.1, 0.15) is 10.0 Å². The fourth-order valence-corrected chi connectivity index (χ4v) is 1.60. The molecule has 6 heteroatoms. The summed E-state index contributed by atoms with van der Waals surface area (Å²) in [6.45, 7) is 4.13. The SMILES string of the molecule is Cc1nnc(CCNC(=O)[C@H](C)N)s1. The van der Waals surface area contributed by atoms with E-state index in [1.807, 2.05) is 6.92 Å². The van der Waals surface area contributed by atoms with Gasteiger partial charge in [0, 0.05) is 13.0 Å². The fraction of sp³-hybridized carbons (Fsp3) is 0.625. The second-order valence-electron chi connectivity index (χ2n) is 3.04. The number of amides is 1. The van der Waals surface area contributed by atoms with Gasteiger partial charge in [0.2, 0.25) is 5.91 Å². The number of aromatic nitrogens is 2. The van der Waals surface area contributed by atoms with E-state index in [1.165, 1.54) is 0 Å². The summed E-state index contributed by atoms with van der Waals surface area (Å²) in [7, 11) is 0. The molecule has 0 bridgehead atoms. The van der Waals surface area contributed by atoms with Crippen molar-refractivity contribution in [1.29, 1.82) is 0 Å². The molecular formula is C8H14N4OS. The van der Waals surface area contributed by atoms with E-state index in [0.717, 1.165) is 10.0 Å². The second kappa shape index (κ2) is 5.02. The molecule has 0 aliphatic carbocycles. The monoisotopic (exact) mass is 214 g/mol. The van der Waals surface area contributed by atoms with Gasteiger partial charge < -0.3 is 11.1 Å². The summed E-state index contributed by atoms with van der Waals surface area (Å²) in [4.78, 5) is 11.1. The fourth-order valence-electron chi connectivity index (χ4n) is 0.892. The first-order chi connectivity index (χ1) is 6.59. The smallest absolute Gasteiger partial charge is 0.236 e. The van der Waals surface area contributed by atoms with Gasteiger partial charge in [-0.05, 0) is 13.8 Å². The lowest BCUT2D eigenvalue weighted by Gasteiger charge is -2.05. The maximum atomic E-state index is 11.1. The zero-order valence-electron chi connectivity index (χ0n) is 8.28. The molecule has 1 amide bonds. The largest absolute Gasteiger partial charge is 0.354 e. The molecule has 0 aliphatic heterocycles. The van der Waals surface area contributed by atoms with Crippen molar-refractivity contribution in [2.45, 2.75) is 26.3 Å². The summed E-state index contributed by atoms with van der Waals surface area (Å²) >= 11 is 1.54. The van der Waals surface area contributed by atoms with Crippen molar-refractivity contribution in [3.05, 3.63) is 10.0 Å². The molecule has 0 aromatic carbocycles. The average Bonchev–Trinajstić information content (AvgIpc) is 2.51. The van der Waals surface area contributed by atoms with Crippen LogP contribution in [0.25, 0.3) is 0 Å². The van der Waals surface area contributed by atoms with Crippen molar-refractivity contribution in [1.82, 2.24) is 15.5 Å². The molecule has 1 heterocycles. The molecule has 1 atom stereocenters. The van der Waals surface area contributed by atoms with E-state index in [-0.39, 0.29) is 5.91 Å². The van der Waals surface area contributed by atoms with E-state index in [2.05, 4.69) is 15.5 Å². The Morgan fingerprint density at radius 2 is 2.36 bits per heavy atom. The molecule has 0 fully saturated rings. The van der Waals surface area contributed by atoms with Crippen LogP contribution in [0.4, 0.5) is 0 Å². The second-order valence-corrected chi connectivity index (χ2v) is 4.31. The number of nitrogens with zero attached hydrogens (tertiary/aromatic N) is 2. The third-order valence-corrected chi connectivity index (χ3v) is 2.52. The summed E-state index contributed by atoms with van der Waals surface area (Å²) in [6.07, 6.45) is 0.712. The zero-order valence-corrected chi connectivity index (χ0v) is 9.10. The first-order valence-electron chi connectivity index (χ1n) is 4.42. The molecule has 0 aliphatic rings. The van der Waals surface area contributed by atoms with Gasteiger partial charge >= 0.3 is 0 Å². The van der Waals surface area contributed by atoms with Crippen LogP contribution in [0.2, 0.25) is 0 Å². The van der Waals surface area contributed by atoms with Gasteiger partial charge in [0.25, 0.3) is 0 Å². The first kappa shape index (κ1) is 11.1. The van der Waals surface area contributed by atoms with Crippen LogP contribution in [0.1, 0.15) is 16.9 Å². The van der Waals surface area contributed by atoms with Gasteiger partial charge in [-0.25, -0.2) is 0 Å². The van der Waals surface area contributed by atoms with Gasteiger partial charge in [-0.15, -0.1) is 21.5 Å². The van der Waals surface area contributed by atoms with Gasteiger partial charge in [-0.3, -0.25) is 4.79 Å². The first-order valence-corrected chi connectivity index (χ1v) is 5.23. The van der Waals surface area contributed by atoms with Crippen molar-refractivity contribution >= 4 is 17.2 Å². The van der Waals surface area contributed by atoms with Crippen LogP contribution < -0.4 is 11.1 Å². The predicted molar refractivity (Wildman–Crippen MR) is 55.0 cm³/mol. The lowest BCUT2D eigenvalue weighted by atomic mass is 10.3. The number of nitrogens with one attached hydrogen (secondary N) is 1. The topological polar surface area (TPSA) is 80.9 Å². The van der Waals surface area contributed by atoms with E-state index in [9.17, 15) is 4.79 Å². The highest BCUT2D eigenvalue weighted by Crippen LogP contribution is 2.07. The highest BCUT2D eigenvalue weighted by Gasteiger charge is 2.06. The number of carbonyl (C=O) groups is 1. The Labute approximate surface area is 86.7 Å². The molecule has 3 N–H and O–H groups in total. The third kappa shape index (κ3) is 3.39. The van der Waals surface area contributed by atoms with Gasteiger partial charge in [-0.1, -0.05) is 0 Å². The molecule has 1 aromatic heterocycles. The maximum Gasteiger partial charge on any atom is 0.236 e. The summed E-state index contributed by atoms with van der Waals surface area (Å²) in [5, 5.41) is 12.4. The van der Waals surface area contributed by atoms with E-state index >= 15 is 0 Å². The molecular weight excluding hydrogens is 200 g/mol. The standard InChI is InChI=1S/C8H14N4OS/c1-5(9)8(13)10-4-3-7-12-11-6(2)14-7/h5H,3-4,9H2,1-2H3,(H,10,13)/t5-/m0/s1. The Morgan fingerprint density at radius 1 is 1.64 bits per heavy atom. The molecule has 78 valence electrons. The molecule has 1 aromatic rings. The normalized spacial score (nSPS) is 12.5. The predicted octanol–water partition coefficient (Wildman–Crippen LogP) is -0.148. The summed E-state index contributed by atoms with van der Waals surface area (Å²) in [5.41, 5.74) is 5.38. The average molecular weight is 214 g/mol. The maximum absolute atomic E-state index is 11.1. The molecule has 0 spiro atoms. The number of aryl methyl sites for hydroxylation is 1. The minimum Gasteiger partial charge on any atom is -0.354 e. The Kier molecular flexibility index (Phi) is 3.97. The van der Waals surface area contributed by atoms with Crippen molar-refractivity contribution in [2.24, 2.45) is 5.73 Å². The number of carbonyl (C=O) groups excluding carboxylic acids is 1. The number of rotatable bonds is 4. The van der Waals surface area contributed by atoms with Crippen molar-refractivity contribution in [2.75, 3.05) is 6.54 Å². The van der Waals surface area contributed by atoms with E-state index < -0.39 is 6.04 Å². The van der Waals surface area contributed by atoms with Crippen LogP contribution in [0.3, 0.4) is 0 Å². The Balaban J connectivity index is 2.25. The van der Waals surface area contributed by atoms with Crippen molar-refractivity contribution in [3.63, 3.8) is 0 Å². The third-order valence-electron chi connectivity index (χ3n) is 1.62. The van der Waals surface area contributed by atoms with Gasteiger partial charge in [0.05, 0.1) is 6.04 Å². The number of hydrogen-bond donors (Lipinski definition) is 2. The highest BCUT2D eigenvalue weighted by molar-refractivity contribution is 7.11. The quantitative estimate of drug-likeness (QED) is 0.730. The molecule has 1 rings (SSSR count). The Bertz CT molecular complexity index is 310. The van der Waals surface area contributed by atoms with Crippen LogP contribution in [0, 0.1) is 6.92 Å². The Hall–Kier alpha value is -1.01. The van der Waals surface area contributed by atoms with Crippen molar-refractivity contribution < 1.29 is 4.79 Å². The molecule has 0 radical (unpaired) electrons. The number of nitrogens with two attached hydrogens (primary N) is 1. The van der Waals surface area contributed by atoms with Gasteiger partial charge in [0.15, 0.2) is 0 Å². The van der Waals surface area contributed by atoms with Crippen LogP contribution in [-0.4, -0.2) is 28.7 Å². The summed E-state index contributed by atoms with van der Waals surface area (Å²) < 4.78 is 0. The Morgan fingerprint density at radius 3 is 2.86 bits per heavy atom. The lowest BCUT2D eigenvalue weighted by molar-refractivity contribution is -0.121. The van der Waals surface area contributed by atoms with Crippen LogP contribution in [0.15, 0.2) is 0 Å². The van der Waals surface area contributed by atoms with Gasteiger partial charge in [-0.2, -0.15) is 0 Å². The molecule has 0 saturated carbocycles. The van der Waals surface area contributed by atoms with E-state index in [1.54, 1.807) is 18.3 Å². The molecule has 0 unspecified atom stereocenters. The van der Waals surface area contributed by atoms with Crippen LogP contribution in [0.5, 0.6) is 0 Å². The minimum absolute atomic E-state index is 0.133. The lowest BCUT2D eigenvalue weighted by Crippen LogP contribution is -2.39.